The molecule has 0 aromatic carbocycles. The zero-order chi connectivity index (χ0) is 21.7. The monoisotopic (exact) mass is 415 g/mol. The van der Waals surface area contributed by atoms with E-state index in [4.69, 9.17) is 14.0 Å². The van der Waals surface area contributed by atoms with E-state index in [0.717, 1.165) is 0 Å². The van der Waals surface area contributed by atoms with Crippen LogP contribution in [0.15, 0.2) is 12.2 Å². The summed E-state index contributed by atoms with van der Waals surface area (Å²) in [5.74, 6) is -1.50. The fourth-order valence-electron chi connectivity index (χ4n) is 3.21. The summed E-state index contributed by atoms with van der Waals surface area (Å²) in [7, 11) is 0.980. The summed E-state index contributed by atoms with van der Waals surface area (Å²) in [5.41, 5.74) is 0. The van der Waals surface area contributed by atoms with Crippen molar-refractivity contribution in [2.75, 3.05) is 20.8 Å². The molecule has 0 saturated heterocycles. The highest BCUT2D eigenvalue weighted by Crippen LogP contribution is 2.43. The number of aliphatic hydroxyl groups is 1. The van der Waals surface area contributed by atoms with Crippen molar-refractivity contribution >= 4 is 20.2 Å². The maximum atomic E-state index is 12.8. The first kappa shape index (κ1) is 24.8. The van der Waals surface area contributed by atoms with Crippen LogP contribution >= 0.6 is 0 Å². The molecule has 4 atom stereocenters. The highest BCUT2D eigenvalue weighted by atomic mass is 28.4. The van der Waals surface area contributed by atoms with E-state index in [1.807, 2.05) is 0 Å². The number of esters is 1. The van der Waals surface area contributed by atoms with E-state index >= 15 is 0 Å². The summed E-state index contributed by atoms with van der Waals surface area (Å²) in [6.07, 6.45) is 2.64. The number of hydroxylamine groups is 2. The lowest BCUT2D eigenvalue weighted by molar-refractivity contribution is -0.175. The van der Waals surface area contributed by atoms with Gasteiger partial charge in [-0.05, 0) is 44.0 Å². The molecule has 0 unspecified atom stereocenters. The quantitative estimate of drug-likeness (QED) is 0.284. The highest BCUT2D eigenvalue weighted by molar-refractivity contribution is 6.74. The lowest BCUT2D eigenvalue weighted by Gasteiger charge is -2.38. The minimum atomic E-state index is -2.01. The van der Waals surface area contributed by atoms with Gasteiger partial charge in [0.05, 0.1) is 19.8 Å². The van der Waals surface area contributed by atoms with Gasteiger partial charge in [-0.3, -0.25) is 9.63 Å². The second-order valence-electron chi connectivity index (χ2n) is 8.86. The molecule has 0 aromatic rings. The number of hydrogen-bond acceptors (Lipinski definition) is 6. The van der Waals surface area contributed by atoms with E-state index in [2.05, 4.69) is 33.9 Å². The molecule has 0 heterocycles. The molecule has 0 aliphatic heterocycles. The molecular weight excluding hydrogens is 378 g/mol. The predicted molar refractivity (Wildman–Crippen MR) is 110 cm³/mol. The Bertz CT molecular complexity index is 572. The van der Waals surface area contributed by atoms with Crippen LogP contribution in [0.1, 0.15) is 40.5 Å². The van der Waals surface area contributed by atoms with Crippen molar-refractivity contribution in [2.45, 2.75) is 70.9 Å². The number of amides is 1. The van der Waals surface area contributed by atoms with E-state index < -0.39 is 26.3 Å². The Hall–Kier alpha value is -1.22. The van der Waals surface area contributed by atoms with Gasteiger partial charge in [0.2, 0.25) is 5.91 Å². The SMILES string of the molecule is CCOC(=O)/C=C/[C@@H](O)[C@@H]1C[C@@H](O[Si](C)(C)C(C)(C)C)C[C@H]1C(=O)N(C)OC. The number of ether oxygens (including phenoxy) is 1. The van der Waals surface area contributed by atoms with Gasteiger partial charge in [-0.2, -0.15) is 0 Å². The molecular formula is C20H37NO6Si. The fraction of sp³-hybridized carbons (Fsp3) is 0.800. The van der Waals surface area contributed by atoms with Crippen molar-refractivity contribution in [3.8, 4) is 0 Å². The average molecular weight is 416 g/mol. The van der Waals surface area contributed by atoms with Gasteiger partial charge < -0.3 is 14.3 Å². The van der Waals surface area contributed by atoms with E-state index in [-0.39, 0.29) is 29.6 Å². The van der Waals surface area contributed by atoms with Gasteiger partial charge in [0.25, 0.3) is 0 Å². The van der Waals surface area contributed by atoms with Gasteiger partial charge in [-0.15, -0.1) is 0 Å². The fourth-order valence-corrected chi connectivity index (χ4v) is 4.59. The minimum absolute atomic E-state index is 0.0519. The zero-order valence-corrected chi connectivity index (χ0v) is 19.5. The van der Waals surface area contributed by atoms with Crippen molar-refractivity contribution in [2.24, 2.45) is 11.8 Å². The molecule has 0 bridgehead atoms. The molecule has 28 heavy (non-hydrogen) atoms. The molecule has 1 aliphatic rings. The van der Waals surface area contributed by atoms with Crippen LogP contribution in [-0.4, -0.2) is 63.3 Å². The van der Waals surface area contributed by atoms with Crippen LogP contribution in [0, 0.1) is 11.8 Å². The Labute approximate surface area is 170 Å². The Kier molecular flexibility index (Phi) is 8.86. The van der Waals surface area contributed by atoms with Crippen LogP contribution in [-0.2, 0) is 23.6 Å². The number of carbonyl (C=O) groups is 2. The molecule has 0 radical (unpaired) electrons. The van der Waals surface area contributed by atoms with Crippen molar-refractivity contribution in [1.82, 2.24) is 5.06 Å². The maximum absolute atomic E-state index is 12.8. The van der Waals surface area contributed by atoms with Gasteiger partial charge in [0, 0.05) is 31.1 Å². The number of nitrogens with zero attached hydrogens (tertiary/aromatic N) is 1. The lowest BCUT2D eigenvalue weighted by Crippen LogP contribution is -2.43. The summed E-state index contributed by atoms with van der Waals surface area (Å²) in [5, 5.41) is 11.9. The topological polar surface area (TPSA) is 85.3 Å². The van der Waals surface area contributed by atoms with E-state index in [0.29, 0.717) is 12.8 Å². The number of aliphatic hydroxyl groups excluding tert-OH is 1. The molecule has 1 fully saturated rings. The highest BCUT2D eigenvalue weighted by Gasteiger charge is 2.47. The first-order valence-electron chi connectivity index (χ1n) is 9.86. The molecule has 1 aliphatic carbocycles. The normalized spacial score (nSPS) is 24.4. The van der Waals surface area contributed by atoms with Crippen LogP contribution in [0.4, 0.5) is 0 Å². The zero-order valence-electron chi connectivity index (χ0n) is 18.5. The van der Waals surface area contributed by atoms with E-state index in [1.54, 1.807) is 14.0 Å². The maximum Gasteiger partial charge on any atom is 0.330 e. The molecule has 1 saturated carbocycles. The third-order valence-corrected chi connectivity index (χ3v) is 10.4. The summed E-state index contributed by atoms with van der Waals surface area (Å²) in [6, 6.07) is 0. The number of rotatable bonds is 8. The Morgan fingerprint density at radius 2 is 1.89 bits per heavy atom. The van der Waals surface area contributed by atoms with Gasteiger partial charge >= 0.3 is 5.97 Å². The smallest absolute Gasteiger partial charge is 0.330 e. The molecule has 8 heteroatoms. The van der Waals surface area contributed by atoms with Crippen LogP contribution in [0.5, 0.6) is 0 Å². The second kappa shape index (κ2) is 10.0. The molecule has 7 nitrogen and oxygen atoms in total. The van der Waals surface area contributed by atoms with Gasteiger partial charge in [0.15, 0.2) is 8.32 Å². The van der Waals surface area contributed by atoms with Crippen molar-refractivity contribution in [3.63, 3.8) is 0 Å². The lowest BCUT2D eigenvalue weighted by atomic mass is 9.89. The van der Waals surface area contributed by atoms with Gasteiger partial charge in [-0.1, -0.05) is 20.8 Å². The molecule has 1 amide bonds. The summed E-state index contributed by atoms with van der Waals surface area (Å²) >= 11 is 0. The van der Waals surface area contributed by atoms with Crippen LogP contribution in [0.25, 0.3) is 0 Å². The molecule has 1 rings (SSSR count). The van der Waals surface area contributed by atoms with Crippen LogP contribution in [0.2, 0.25) is 18.1 Å². The minimum Gasteiger partial charge on any atom is -0.463 e. The third kappa shape index (κ3) is 6.40. The molecule has 0 spiro atoms. The van der Waals surface area contributed by atoms with Crippen molar-refractivity contribution in [3.05, 3.63) is 12.2 Å². The molecule has 162 valence electrons. The van der Waals surface area contributed by atoms with E-state index in [9.17, 15) is 14.7 Å². The summed E-state index contributed by atoms with van der Waals surface area (Å²) in [4.78, 5) is 29.4. The standard InChI is InChI=1S/C20H37NO6Si/c1-9-26-18(23)11-10-17(22)15-12-14(27-28(7,8)20(2,3)4)13-16(15)19(24)21(5)25-6/h10-11,14-17,22H,9,12-13H2,1-8H3/b11-10+/t14-,15-,16-,17-/m1/s1. The Morgan fingerprint density at radius 3 is 2.39 bits per heavy atom. The van der Waals surface area contributed by atoms with E-state index in [1.165, 1.54) is 24.3 Å². The molecule has 0 aromatic heterocycles. The number of hydrogen-bond donors (Lipinski definition) is 1. The van der Waals surface area contributed by atoms with Gasteiger partial charge in [0.1, 0.15) is 0 Å². The summed E-state index contributed by atoms with van der Waals surface area (Å²) in [6.45, 7) is 12.9. The molecule has 1 N–H and O–H groups in total. The van der Waals surface area contributed by atoms with Gasteiger partial charge in [-0.25, -0.2) is 9.86 Å². The van der Waals surface area contributed by atoms with Crippen LogP contribution in [0.3, 0.4) is 0 Å². The Morgan fingerprint density at radius 1 is 1.29 bits per heavy atom. The average Bonchev–Trinajstić information content (AvgIpc) is 3.00. The van der Waals surface area contributed by atoms with Crippen molar-refractivity contribution in [1.29, 1.82) is 0 Å². The number of carbonyl (C=O) groups excluding carboxylic acids is 2. The third-order valence-electron chi connectivity index (χ3n) is 5.89. The first-order chi connectivity index (χ1) is 12.8. The predicted octanol–water partition coefficient (Wildman–Crippen LogP) is 2.90. The second-order valence-corrected chi connectivity index (χ2v) is 13.6. The largest absolute Gasteiger partial charge is 0.463 e. The van der Waals surface area contributed by atoms with Crippen molar-refractivity contribution < 1.29 is 28.7 Å². The first-order valence-corrected chi connectivity index (χ1v) is 12.8. The van der Waals surface area contributed by atoms with Crippen LogP contribution < -0.4 is 0 Å². The Balaban J connectivity index is 2.99. The summed E-state index contributed by atoms with van der Waals surface area (Å²) < 4.78 is 11.4.